The van der Waals surface area contributed by atoms with Crippen LogP contribution < -0.4 is 16.1 Å². The summed E-state index contributed by atoms with van der Waals surface area (Å²) >= 11 is 0. The standard InChI is InChI=1S/C17H17BN4O/c1-2-16(23)21-13-6-7-15-14(9-13)17(20-10-19-15)22-12-5-3-4-11(18)8-12/h3-10H,2,18H2,1H3,(H,21,23)(H,19,20,22). The van der Waals surface area contributed by atoms with Crippen molar-refractivity contribution in [2.75, 3.05) is 10.6 Å². The quantitative estimate of drug-likeness (QED) is 0.723. The van der Waals surface area contributed by atoms with Crippen LogP contribution in [0.1, 0.15) is 13.3 Å². The molecule has 0 saturated carbocycles. The van der Waals surface area contributed by atoms with Gasteiger partial charge in [0.05, 0.1) is 5.52 Å². The molecule has 0 bridgehead atoms. The molecule has 114 valence electrons. The van der Waals surface area contributed by atoms with E-state index in [0.717, 1.165) is 22.3 Å². The van der Waals surface area contributed by atoms with E-state index >= 15 is 0 Å². The van der Waals surface area contributed by atoms with Gasteiger partial charge in [-0.3, -0.25) is 4.79 Å². The molecular weight excluding hydrogens is 287 g/mol. The van der Waals surface area contributed by atoms with Gasteiger partial charge in [0.25, 0.3) is 0 Å². The largest absolute Gasteiger partial charge is 0.340 e. The number of carbonyl (C=O) groups excluding carboxylic acids is 1. The minimum Gasteiger partial charge on any atom is -0.340 e. The summed E-state index contributed by atoms with van der Waals surface area (Å²) in [6.45, 7) is 1.82. The Morgan fingerprint density at radius 1 is 1.13 bits per heavy atom. The van der Waals surface area contributed by atoms with Crippen molar-refractivity contribution in [2.45, 2.75) is 13.3 Å². The topological polar surface area (TPSA) is 66.9 Å². The minimum absolute atomic E-state index is 0.0191. The average molecular weight is 304 g/mol. The van der Waals surface area contributed by atoms with E-state index in [1.54, 1.807) is 0 Å². The van der Waals surface area contributed by atoms with Crippen LogP contribution in [-0.2, 0) is 4.79 Å². The first-order valence-electron chi connectivity index (χ1n) is 7.54. The van der Waals surface area contributed by atoms with Crippen molar-refractivity contribution in [3.63, 3.8) is 0 Å². The molecule has 1 amide bonds. The molecule has 2 N–H and O–H groups in total. The van der Waals surface area contributed by atoms with Gasteiger partial charge in [-0.05, 0) is 30.3 Å². The van der Waals surface area contributed by atoms with Crippen LogP contribution in [0.2, 0.25) is 0 Å². The molecule has 0 spiro atoms. The van der Waals surface area contributed by atoms with Crippen LogP contribution in [0.3, 0.4) is 0 Å². The van der Waals surface area contributed by atoms with Crippen molar-refractivity contribution < 1.29 is 4.79 Å². The van der Waals surface area contributed by atoms with Gasteiger partial charge in [0.15, 0.2) is 0 Å². The first-order valence-corrected chi connectivity index (χ1v) is 7.54. The van der Waals surface area contributed by atoms with Crippen LogP contribution in [0.5, 0.6) is 0 Å². The molecule has 0 aliphatic carbocycles. The second-order valence-corrected chi connectivity index (χ2v) is 5.35. The first-order chi connectivity index (χ1) is 11.2. The summed E-state index contributed by atoms with van der Waals surface area (Å²) in [5.74, 6) is 0.697. The van der Waals surface area contributed by atoms with Gasteiger partial charge in [0, 0.05) is 23.2 Å². The van der Waals surface area contributed by atoms with Crippen molar-refractivity contribution in [2.24, 2.45) is 0 Å². The molecule has 23 heavy (non-hydrogen) atoms. The number of hydrogen-bond acceptors (Lipinski definition) is 4. The normalized spacial score (nSPS) is 10.5. The van der Waals surface area contributed by atoms with Crippen LogP contribution in [-0.4, -0.2) is 23.7 Å². The Balaban J connectivity index is 1.99. The molecule has 3 aromatic rings. The molecule has 0 aliphatic heterocycles. The fourth-order valence-corrected chi connectivity index (χ4v) is 2.34. The zero-order valence-corrected chi connectivity index (χ0v) is 13.1. The van der Waals surface area contributed by atoms with E-state index < -0.39 is 0 Å². The Labute approximate surface area is 135 Å². The van der Waals surface area contributed by atoms with Crippen molar-refractivity contribution in [3.8, 4) is 0 Å². The van der Waals surface area contributed by atoms with E-state index in [0.29, 0.717) is 12.2 Å². The number of benzene rings is 2. The minimum atomic E-state index is -0.0191. The van der Waals surface area contributed by atoms with E-state index in [1.165, 1.54) is 11.8 Å². The molecular formula is C17H17BN4O. The predicted octanol–water partition coefficient (Wildman–Crippen LogP) is 1.98. The van der Waals surface area contributed by atoms with E-state index in [4.69, 9.17) is 0 Å². The number of rotatable bonds is 4. The molecule has 1 aromatic heterocycles. The molecule has 0 aliphatic rings. The van der Waals surface area contributed by atoms with Crippen molar-refractivity contribution in [3.05, 3.63) is 48.8 Å². The lowest BCUT2D eigenvalue weighted by Gasteiger charge is -2.10. The maximum atomic E-state index is 11.6. The maximum absolute atomic E-state index is 11.6. The van der Waals surface area contributed by atoms with Gasteiger partial charge >= 0.3 is 0 Å². The smallest absolute Gasteiger partial charge is 0.224 e. The molecule has 0 radical (unpaired) electrons. The summed E-state index contributed by atoms with van der Waals surface area (Å²) in [4.78, 5) is 20.2. The lowest BCUT2D eigenvalue weighted by molar-refractivity contribution is -0.115. The van der Waals surface area contributed by atoms with Crippen LogP contribution in [0, 0.1) is 0 Å². The van der Waals surface area contributed by atoms with E-state index in [-0.39, 0.29) is 5.91 Å². The number of carbonyl (C=O) groups is 1. The van der Waals surface area contributed by atoms with Crippen LogP contribution in [0.15, 0.2) is 48.8 Å². The number of fused-ring (bicyclic) bond motifs is 1. The fraction of sp³-hybridized carbons (Fsp3) is 0.118. The highest BCUT2D eigenvalue weighted by Gasteiger charge is 2.07. The lowest BCUT2D eigenvalue weighted by atomic mass is 9.96. The summed E-state index contributed by atoms with van der Waals surface area (Å²) < 4.78 is 0. The summed E-state index contributed by atoms with van der Waals surface area (Å²) in [5.41, 5.74) is 3.70. The fourth-order valence-electron chi connectivity index (χ4n) is 2.34. The van der Waals surface area contributed by atoms with Crippen molar-refractivity contribution in [1.29, 1.82) is 0 Å². The summed E-state index contributed by atoms with van der Waals surface area (Å²) in [7, 11) is 2.04. The van der Waals surface area contributed by atoms with Gasteiger partial charge in [0.2, 0.25) is 5.91 Å². The number of amides is 1. The molecule has 6 heteroatoms. The Bertz CT molecular complexity index is 866. The molecule has 1 heterocycles. The predicted molar refractivity (Wildman–Crippen MR) is 96.4 cm³/mol. The number of nitrogens with zero attached hydrogens (tertiary/aromatic N) is 2. The highest BCUT2D eigenvalue weighted by Crippen LogP contribution is 2.25. The molecule has 0 unspecified atom stereocenters. The monoisotopic (exact) mass is 304 g/mol. The Morgan fingerprint density at radius 2 is 2.00 bits per heavy atom. The molecule has 0 saturated heterocycles. The highest BCUT2D eigenvalue weighted by atomic mass is 16.1. The first kappa shape index (κ1) is 15.0. The number of aromatic nitrogens is 2. The maximum Gasteiger partial charge on any atom is 0.224 e. The Kier molecular flexibility index (Phi) is 4.23. The molecule has 3 rings (SSSR count). The van der Waals surface area contributed by atoms with Crippen LogP contribution in [0.25, 0.3) is 10.9 Å². The molecule has 0 fully saturated rings. The third-order valence-corrected chi connectivity index (χ3v) is 3.52. The van der Waals surface area contributed by atoms with Gasteiger partial charge in [-0.25, -0.2) is 9.97 Å². The highest BCUT2D eigenvalue weighted by molar-refractivity contribution is 6.32. The number of nitrogens with one attached hydrogen (secondary N) is 2. The second-order valence-electron chi connectivity index (χ2n) is 5.35. The van der Waals surface area contributed by atoms with E-state index in [2.05, 4.69) is 26.7 Å². The van der Waals surface area contributed by atoms with Crippen LogP contribution in [0.4, 0.5) is 17.2 Å². The zero-order valence-electron chi connectivity index (χ0n) is 13.1. The lowest BCUT2D eigenvalue weighted by Crippen LogP contribution is -2.09. The average Bonchev–Trinajstić information content (AvgIpc) is 2.55. The third-order valence-electron chi connectivity index (χ3n) is 3.52. The summed E-state index contributed by atoms with van der Waals surface area (Å²) in [6.07, 6.45) is 1.97. The molecule has 2 aromatic carbocycles. The summed E-state index contributed by atoms with van der Waals surface area (Å²) in [5, 5.41) is 7.04. The van der Waals surface area contributed by atoms with Gasteiger partial charge < -0.3 is 10.6 Å². The zero-order chi connectivity index (χ0) is 16.2. The van der Waals surface area contributed by atoms with Crippen molar-refractivity contribution >= 4 is 47.3 Å². The molecule has 0 atom stereocenters. The number of anilines is 3. The third kappa shape index (κ3) is 3.48. The SMILES string of the molecule is Bc1cccc(Nc2ncnc3ccc(NC(=O)CC)cc23)c1. The van der Waals surface area contributed by atoms with Gasteiger partial charge in [-0.15, -0.1) is 0 Å². The Morgan fingerprint density at radius 3 is 2.78 bits per heavy atom. The summed E-state index contributed by atoms with van der Waals surface area (Å²) in [6, 6.07) is 13.7. The Hall–Kier alpha value is -2.89. The van der Waals surface area contributed by atoms with Crippen LogP contribution >= 0.6 is 0 Å². The second kappa shape index (κ2) is 6.48. The number of hydrogen-bond donors (Lipinski definition) is 2. The molecule has 5 nitrogen and oxygen atoms in total. The van der Waals surface area contributed by atoms with Crippen molar-refractivity contribution in [1.82, 2.24) is 9.97 Å². The van der Waals surface area contributed by atoms with Gasteiger partial charge in [-0.1, -0.05) is 24.5 Å². The van der Waals surface area contributed by atoms with Gasteiger partial charge in [-0.2, -0.15) is 0 Å². The van der Waals surface area contributed by atoms with E-state index in [9.17, 15) is 4.79 Å². The van der Waals surface area contributed by atoms with Gasteiger partial charge in [0.1, 0.15) is 20.0 Å². The van der Waals surface area contributed by atoms with E-state index in [1.807, 2.05) is 51.2 Å².